The van der Waals surface area contributed by atoms with Crippen molar-refractivity contribution in [3.05, 3.63) is 29.3 Å². The van der Waals surface area contributed by atoms with E-state index in [9.17, 15) is 13.6 Å². The fraction of sp³-hybridized carbons (Fsp3) is 0.333. The second-order valence-corrected chi connectivity index (χ2v) is 3.53. The van der Waals surface area contributed by atoms with Crippen LogP contribution in [0.4, 0.5) is 14.5 Å². The van der Waals surface area contributed by atoms with E-state index in [2.05, 4.69) is 10.6 Å². The first-order chi connectivity index (χ1) is 8.60. The number of halogens is 2. The summed E-state index contributed by atoms with van der Waals surface area (Å²) in [7, 11) is 0. The summed E-state index contributed by atoms with van der Waals surface area (Å²) < 4.78 is 26.7. The van der Waals surface area contributed by atoms with Gasteiger partial charge in [0.05, 0.1) is 11.3 Å². The van der Waals surface area contributed by atoms with Crippen LogP contribution in [-0.4, -0.2) is 19.0 Å². The zero-order valence-corrected chi connectivity index (χ0v) is 9.89. The third-order valence-electron chi connectivity index (χ3n) is 2.24. The molecule has 96 valence electrons. The molecule has 1 amide bonds. The van der Waals surface area contributed by atoms with Crippen molar-refractivity contribution in [1.29, 1.82) is 5.26 Å². The van der Waals surface area contributed by atoms with Crippen molar-refractivity contribution in [2.24, 2.45) is 0 Å². The summed E-state index contributed by atoms with van der Waals surface area (Å²) >= 11 is 0. The lowest BCUT2D eigenvalue weighted by molar-refractivity contribution is -0.120. The monoisotopic (exact) mass is 253 g/mol. The molecule has 0 bridgehead atoms. The van der Waals surface area contributed by atoms with Crippen molar-refractivity contribution < 1.29 is 13.6 Å². The lowest BCUT2D eigenvalue weighted by Gasteiger charge is -2.08. The van der Waals surface area contributed by atoms with Crippen LogP contribution in [-0.2, 0) is 4.79 Å². The quantitative estimate of drug-likeness (QED) is 0.840. The molecule has 0 aliphatic rings. The molecule has 0 aliphatic carbocycles. The van der Waals surface area contributed by atoms with Crippen LogP contribution in [0.25, 0.3) is 0 Å². The van der Waals surface area contributed by atoms with Crippen LogP contribution < -0.4 is 10.6 Å². The van der Waals surface area contributed by atoms with Crippen LogP contribution in [0.15, 0.2) is 12.1 Å². The SMILES string of the molecule is CCNC(=O)CCNc1ccc(C#N)c(F)c1F. The Morgan fingerprint density at radius 3 is 2.72 bits per heavy atom. The first-order valence-electron chi connectivity index (χ1n) is 5.48. The number of nitrogens with one attached hydrogen (secondary N) is 2. The number of carbonyl (C=O) groups is 1. The minimum atomic E-state index is -1.18. The van der Waals surface area contributed by atoms with Crippen molar-refractivity contribution in [3.63, 3.8) is 0 Å². The highest BCUT2D eigenvalue weighted by Crippen LogP contribution is 2.19. The maximum absolute atomic E-state index is 13.4. The Morgan fingerprint density at radius 1 is 1.39 bits per heavy atom. The van der Waals surface area contributed by atoms with Gasteiger partial charge in [0.2, 0.25) is 5.91 Å². The van der Waals surface area contributed by atoms with Gasteiger partial charge in [0, 0.05) is 19.5 Å². The largest absolute Gasteiger partial charge is 0.382 e. The topological polar surface area (TPSA) is 64.9 Å². The molecule has 1 aromatic carbocycles. The molecule has 18 heavy (non-hydrogen) atoms. The molecule has 2 N–H and O–H groups in total. The predicted molar refractivity (Wildman–Crippen MR) is 62.9 cm³/mol. The number of nitrogens with zero attached hydrogens (tertiary/aromatic N) is 1. The average molecular weight is 253 g/mol. The zero-order chi connectivity index (χ0) is 13.5. The Balaban J connectivity index is 2.62. The van der Waals surface area contributed by atoms with E-state index in [0.29, 0.717) is 6.54 Å². The number of amides is 1. The lowest BCUT2D eigenvalue weighted by atomic mass is 10.2. The van der Waals surface area contributed by atoms with Gasteiger partial charge in [-0.25, -0.2) is 8.78 Å². The molecule has 0 saturated heterocycles. The number of hydrogen-bond acceptors (Lipinski definition) is 3. The third-order valence-corrected chi connectivity index (χ3v) is 2.24. The van der Waals surface area contributed by atoms with Gasteiger partial charge in [-0.05, 0) is 19.1 Å². The first-order valence-corrected chi connectivity index (χ1v) is 5.48. The Kier molecular flexibility index (Phi) is 5.06. The van der Waals surface area contributed by atoms with Gasteiger partial charge in [0.25, 0.3) is 0 Å². The predicted octanol–water partition coefficient (Wildman–Crippen LogP) is 1.77. The van der Waals surface area contributed by atoms with Gasteiger partial charge in [-0.2, -0.15) is 5.26 Å². The van der Waals surface area contributed by atoms with Gasteiger partial charge >= 0.3 is 0 Å². The smallest absolute Gasteiger partial charge is 0.221 e. The molecule has 0 radical (unpaired) electrons. The Morgan fingerprint density at radius 2 is 2.11 bits per heavy atom. The standard InChI is InChI=1S/C12H13F2N3O/c1-2-16-10(18)5-6-17-9-4-3-8(7-15)11(13)12(9)14/h3-4,17H,2,5-6H2,1H3,(H,16,18). The summed E-state index contributed by atoms with van der Waals surface area (Å²) in [5.41, 5.74) is -0.405. The van der Waals surface area contributed by atoms with E-state index in [1.807, 2.05) is 0 Å². The van der Waals surface area contributed by atoms with E-state index in [1.54, 1.807) is 13.0 Å². The summed E-state index contributed by atoms with van der Waals surface area (Å²) in [6.07, 6.45) is 0.162. The molecule has 0 spiro atoms. The van der Waals surface area contributed by atoms with Gasteiger partial charge in [-0.15, -0.1) is 0 Å². The number of carbonyl (C=O) groups excluding carboxylic acids is 1. The fourth-order valence-electron chi connectivity index (χ4n) is 1.37. The van der Waals surface area contributed by atoms with Gasteiger partial charge in [-0.1, -0.05) is 0 Å². The van der Waals surface area contributed by atoms with Crippen LogP contribution in [0, 0.1) is 23.0 Å². The summed E-state index contributed by atoms with van der Waals surface area (Å²) in [5, 5.41) is 13.7. The van der Waals surface area contributed by atoms with Crippen molar-refractivity contribution >= 4 is 11.6 Å². The minimum Gasteiger partial charge on any atom is -0.382 e. The molecular weight excluding hydrogens is 240 g/mol. The minimum absolute atomic E-state index is 0.0594. The second-order valence-electron chi connectivity index (χ2n) is 3.53. The number of nitriles is 1. The molecule has 0 unspecified atom stereocenters. The van der Waals surface area contributed by atoms with Crippen LogP contribution in [0.5, 0.6) is 0 Å². The number of benzene rings is 1. The second kappa shape index (κ2) is 6.55. The van der Waals surface area contributed by atoms with E-state index in [1.165, 1.54) is 12.1 Å². The summed E-state index contributed by atoms with van der Waals surface area (Å²) in [6, 6.07) is 4.01. The third kappa shape index (κ3) is 3.42. The maximum Gasteiger partial charge on any atom is 0.221 e. The Bertz CT molecular complexity index is 483. The van der Waals surface area contributed by atoms with E-state index >= 15 is 0 Å². The molecule has 0 saturated carbocycles. The van der Waals surface area contributed by atoms with Crippen molar-refractivity contribution in [2.75, 3.05) is 18.4 Å². The van der Waals surface area contributed by atoms with Crippen LogP contribution in [0.3, 0.4) is 0 Å². The van der Waals surface area contributed by atoms with Crippen molar-refractivity contribution in [1.82, 2.24) is 5.32 Å². The van der Waals surface area contributed by atoms with E-state index in [4.69, 9.17) is 5.26 Å². The van der Waals surface area contributed by atoms with Crippen molar-refractivity contribution in [3.8, 4) is 6.07 Å². The molecule has 1 rings (SSSR count). The molecule has 0 aromatic heterocycles. The molecule has 0 fully saturated rings. The van der Waals surface area contributed by atoms with Crippen LogP contribution >= 0.6 is 0 Å². The number of hydrogen-bond donors (Lipinski definition) is 2. The van der Waals surface area contributed by atoms with Crippen LogP contribution in [0.1, 0.15) is 18.9 Å². The molecule has 0 atom stereocenters. The van der Waals surface area contributed by atoms with Crippen LogP contribution in [0.2, 0.25) is 0 Å². The number of rotatable bonds is 5. The maximum atomic E-state index is 13.4. The summed E-state index contributed by atoms with van der Waals surface area (Å²) in [6.45, 7) is 2.51. The molecule has 4 nitrogen and oxygen atoms in total. The average Bonchev–Trinajstić information content (AvgIpc) is 2.35. The molecule has 0 heterocycles. The lowest BCUT2D eigenvalue weighted by Crippen LogP contribution is -2.24. The van der Waals surface area contributed by atoms with Gasteiger partial charge in [-0.3, -0.25) is 4.79 Å². The normalized spacial score (nSPS) is 9.67. The highest BCUT2D eigenvalue weighted by molar-refractivity contribution is 5.76. The van der Waals surface area contributed by atoms with Crippen molar-refractivity contribution in [2.45, 2.75) is 13.3 Å². The molecule has 6 heteroatoms. The van der Waals surface area contributed by atoms with E-state index in [0.717, 1.165) is 0 Å². The molecule has 1 aromatic rings. The molecule has 0 aliphatic heterocycles. The number of anilines is 1. The summed E-state index contributed by atoms with van der Waals surface area (Å²) in [5.74, 6) is -2.45. The highest BCUT2D eigenvalue weighted by Gasteiger charge is 2.12. The molecular formula is C12H13F2N3O. The van der Waals surface area contributed by atoms with E-state index in [-0.39, 0.29) is 30.1 Å². The van der Waals surface area contributed by atoms with Gasteiger partial charge in [0.15, 0.2) is 11.6 Å². The van der Waals surface area contributed by atoms with E-state index < -0.39 is 11.6 Å². The van der Waals surface area contributed by atoms with Gasteiger partial charge < -0.3 is 10.6 Å². The first kappa shape index (κ1) is 13.9. The Labute approximate surface area is 104 Å². The zero-order valence-electron chi connectivity index (χ0n) is 9.89. The van der Waals surface area contributed by atoms with Gasteiger partial charge in [0.1, 0.15) is 6.07 Å². The highest BCUT2D eigenvalue weighted by atomic mass is 19.2. The fourth-order valence-corrected chi connectivity index (χ4v) is 1.37. The Hall–Kier alpha value is -2.16. The summed E-state index contributed by atoms with van der Waals surface area (Å²) in [4.78, 5) is 11.1.